The van der Waals surface area contributed by atoms with Crippen molar-refractivity contribution in [1.82, 2.24) is 5.32 Å². The minimum absolute atomic E-state index is 0. The van der Waals surface area contributed by atoms with Crippen LogP contribution in [0.15, 0.2) is 41.3 Å². The molecule has 0 aliphatic rings. The quantitative estimate of drug-likeness (QED) is 0.753. The van der Waals surface area contributed by atoms with E-state index in [1.54, 1.807) is 13.2 Å². The molecule has 2 N–H and O–H groups in total. The fraction of sp³-hybridized carbons (Fsp3) is 0.400. The Morgan fingerprint density at radius 2 is 1.67 bits per heavy atom. The molecule has 2 aromatic rings. The second-order valence-electron chi connectivity index (χ2n) is 7.46. The van der Waals surface area contributed by atoms with Gasteiger partial charge < -0.3 is 15.2 Å². The second-order valence-corrected chi connectivity index (χ2v) is 9.44. The van der Waals surface area contributed by atoms with Crippen LogP contribution in [0.1, 0.15) is 37.5 Å². The lowest BCUT2D eigenvalue weighted by molar-refractivity contribution is 0.414. The van der Waals surface area contributed by atoms with E-state index in [4.69, 9.17) is 4.74 Å². The van der Waals surface area contributed by atoms with Crippen LogP contribution in [0.4, 0.5) is 0 Å². The summed E-state index contributed by atoms with van der Waals surface area (Å²) in [5.74, 6) is 0.616. The Balaban J connectivity index is 0.00000364. The Hall–Kier alpha value is -1.76. The average Bonchev–Trinajstić information content (AvgIpc) is 2.55. The standard InChI is InChI=1S/C20H27NO4S.ClH/c1-20(2,3)16-10-15(19(22)18(11-16)26(5,23)24)13-21-12-14-6-8-17(25-4)9-7-14;/h6-11,21-22H,12-13H2,1-5H3;1H. The van der Waals surface area contributed by atoms with E-state index in [0.717, 1.165) is 23.1 Å². The van der Waals surface area contributed by atoms with E-state index in [0.29, 0.717) is 18.7 Å². The van der Waals surface area contributed by atoms with Gasteiger partial charge in [0.05, 0.1) is 7.11 Å². The minimum atomic E-state index is -3.52. The predicted octanol–water partition coefficient (Wildman–Crippen LogP) is 3.81. The summed E-state index contributed by atoms with van der Waals surface area (Å²) < 4.78 is 29.2. The number of rotatable bonds is 6. The SMILES string of the molecule is COc1ccc(CNCc2cc(C(C)(C)C)cc(S(C)(=O)=O)c2O)cc1.Cl. The minimum Gasteiger partial charge on any atom is -0.506 e. The molecule has 0 spiro atoms. The average molecular weight is 414 g/mol. The summed E-state index contributed by atoms with van der Waals surface area (Å²) in [5.41, 5.74) is 2.29. The fourth-order valence-corrected chi connectivity index (χ4v) is 3.42. The molecule has 0 amide bonds. The van der Waals surface area contributed by atoms with Gasteiger partial charge in [0, 0.05) is 24.9 Å². The third kappa shape index (κ3) is 6.13. The number of sulfone groups is 1. The number of phenolic OH excluding ortho intramolecular Hbond substituents is 1. The van der Waals surface area contributed by atoms with Crippen LogP contribution in [0.25, 0.3) is 0 Å². The molecule has 5 nitrogen and oxygen atoms in total. The van der Waals surface area contributed by atoms with Crippen LogP contribution in [-0.2, 0) is 28.3 Å². The fourth-order valence-electron chi connectivity index (χ4n) is 2.60. The number of aromatic hydroxyl groups is 1. The van der Waals surface area contributed by atoms with Crippen molar-refractivity contribution in [2.24, 2.45) is 0 Å². The van der Waals surface area contributed by atoms with Crippen LogP contribution >= 0.6 is 12.4 Å². The summed E-state index contributed by atoms with van der Waals surface area (Å²) in [6.07, 6.45) is 1.11. The Morgan fingerprint density at radius 1 is 1.07 bits per heavy atom. The molecule has 0 unspecified atom stereocenters. The topological polar surface area (TPSA) is 75.6 Å². The molecule has 0 bridgehead atoms. The van der Waals surface area contributed by atoms with Gasteiger partial charge in [0.1, 0.15) is 16.4 Å². The summed E-state index contributed by atoms with van der Waals surface area (Å²) in [6, 6.07) is 11.1. The molecule has 0 atom stereocenters. The number of ether oxygens (including phenoxy) is 1. The first-order chi connectivity index (χ1) is 12.0. The number of hydrogen-bond acceptors (Lipinski definition) is 5. The highest BCUT2D eigenvalue weighted by molar-refractivity contribution is 7.90. The molecule has 0 saturated carbocycles. The van der Waals surface area contributed by atoms with Gasteiger partial charge in [-0.25, -0.2) is 8.42 Å². The van der Waals surface area contributed by atoms with Crippen molar-refractivity contribution in [1.29, 1.82) is 0 Å². The highest BCUT2D eigenvalue weighted by Gasteiger charge is 2.22. The summed E-state index contributed by atoms with van der Waals surface area (Å²) in [7, 11) is -1.89. The molecule has 0 fully saturated rings. The molecule has 0 heterocycles. The van der Waals surface area contributed by atoms with Crippen molar-refractivity contribution in [3.8, 4) is 11.5 Å². The van der Waals surface area contributed by atoms with Crippen molar-refractivity contribution in [3.05, 3.63) is 53.1 Å². The summed E-state index contributed by atoms with van der Waals surface area (Å²) in [5, 5.41) is 13.7. The monoisotopic (exact) mass is 413 g/mol. The lowest BCUT2D eigenvalue weighted by Gasteiger charge is -2.22. The lowest BCUT2D eigenvalue weighted by atomic mass is 9.86. The van der Waals surface area contributed by atoms with Crippen molar-refractivity contribution in [2.45, 2.75) is 44.2 Å². The van der Waals surface area contributed by atoms with Gasteiger partial charge in [-0.05, 0) is 34.7 Å². The number of phenols is 1. The molecule has 0 radical (unpaired) electrons. The molecule has 0 aliphatic carbocycles. The zero-order chi connectivity index (χ0) is 19.5. The van der Waals surface area contributed by atoms with E-state index in [9.17, 15) is 13.5 Å². The first-order valence-corrected chi connectivity index (χ1v) is 10.3. The Labute approximate surface area is 168 Å². The number of methoxy groups -OCH3 is 1. The van der Waals surface area contributed by atoms with E-state index in [-0.39, 0.29) is 28.5 Å². The Kier molecular flexibility index (Phi) is 7.72. The number of nitrogens with one attached hydrogen (secondary N) is 1. The van der Waals surface area contributed by atoms with E-state index in [1.165, 1.54) is 0 Å². The maximum atomic E-state index is 12.0. The second kappa shape index (κ2) is 8.95. The molecular formula is C20H28ClNO4S. The highest BCUT2D eigenvalue weighted by Crippen LogP contribution is 2.33. The van der Waals surface area contributed by atoms with Crippen molar-refractivity contribution < 1.29 is 18.3 Å². The maximum Gasteiger partial charge on any atom is 0.179 e. The lowest BCUT2D eigenvalue weighted by Crippen LogP contribution is -2.17. The molecule has 7 heteroatoms. The van der Waals surface area contributed by atoms with Gasteiger partial charge in [-0.15, -0.1) is 12.4 Å². The predicted molar refractivity (Wildman–Crippen MR) is 111 cm³/mol. The van der Waals surface area contributed by atoms with Gasteiger partial charge in [0.25, 0.3) is 0 Å². The van der Waals surface area contributed by atoms with Gasteiger partial charge in [-0.2, -0.15) is 0 Å². The van der Waals surface area contributed by atoms with E-state index < -0.39 is 9.84 Å². The largest absolute Gasteiger partial charge is 0.506 e. The van der Waals surface area contributed by atoms with Crippen LogP contribution in [0, 0.1) is 0 Å². The smallest absolute Gasteiger partial charge is 0.179 e. The molecule has 150 valence electrons. The van der Waals surface area contributed by atoms with Gasteiger partial charge in [-0.3, -0.25) is 0 Å². The van der Waals surface area contributed by atoms with Gasteiger partial charge in [-0.1, -0.05) is 39.0 Å². The van der Waals surface area contributed by atoms with Gasteiger partial charge in [0.15, 0.2) is 9.84 Å². The Morgan fingerprint density at radius 3 is 2.15 bits per heavy atom. The first-order valence-electron chi connectivity index (χ1n) is 8.42. The molecule has 27 heavy (non-hydrogen) atoms. The van der Waals surface area contributed by atoms with Crippen LogP contribution < -0.4 is 10.1 Å². The maximum absolute atomic E-state index is 12.0. The third-order valence-electron chi connectivity index (χ3n) is 4.22. The number of hydrogen-bond donors (Lipinski definition) is 2. The highest BCUT2D eigenvalue weighted by atomic mass is 35.5. The number of benzene rings is 2. The molecule has 0 aliphatic heterocycles. The van der Waals surface area contributed by atoms with E-state index in [2.05, 4.69) is 5.32 Å². The van der Waals surface area contributed by atoms with E-state index >= 15 is 0 Å². The van der Waals surface area contributed by atoms with Crippen LogP contribution in [0.2, 0.25) is 0 Å². The van der Waals surface area contributed by atoms with Crippen molar-refractivity contribution in [2.75, 3.05) is 13.4 Å². The van der Waals surface area contributed by atoms with Gasteiger partial charge >= 0.3 is 0 Å². The van der Waals surface area contributed by atoms with E-state index in [1.807, 2.05) is 51.1 Å². The normalized spacial score (nSPS) is 11.7. The molecular weight excluding hydrogens is 386 g/mol. The molecule has 2 rings (SSSR count). The zero-order valence-electron chi connectivity index (χ0n) is 16.4. The summed E-state index contributed by atoms with van der Waals surface area (Å²) in [4.78, 5) is -0.0221. The third-order valence-corrected chi connectivity index (χ3v) is 5.33. The van der Waals surface area contributed by atoms with Crippen LogP contribution in [0.5, 0.6) is 11.5 Å². The Bertz CT molecular complexity index is 872. The molecule has 0 aromatic heterocycles. The first kappa shape index (κ1) is 23.3. The number of halogens is 1. The van der Waals surface area contributed by atoms with Crippen LogP contribution in [0.3, 0.4) is 0 Å². The summed E-state index contributed by atoms with van der Waals surface area (Å²) in [6.45, 7) is 7.00. The van der Waals surface area contributed by atoms with Crippen molar-refractivity contribution >= 4 is 22.2 Å². The molecule has 2 aromatic carbocycles. The van der Waals surface area contributed by atoms with Crippen LogP contribution in [-0.4, -0.2) is 26.9 Å². The van der Waals surface area contributed by atoms with Gasteiger partial charge in [0.2, 0.25) is 0 Å². The zero-order valence-corrected chi connectivity index (χ0v) is 18.0. The summed E-state index contributed by atoms with van der Waals surface area (Å²) >= 11 is 0. The molecule has 0 saturated heterocycles. The van der Waals surface area contributed by atoms with Crippen molar-refractivity contribution in [3.63, 3.8) is 0 Å².